The van der Waals surface area contributed by atoms with Crippen LogP contribution in [-0.4, -0.2) is 23.9 Å². The Kier molecular flexibility index (Phi) is 2.42. The van der Waals surface area contributed by atoms with Crippen molar-refractivity contribution in [3.63, 3.8) is 0 Å². The second kappa shape index (κ2) is 3.36. The molecule has 1 N–H and O–H groups in total. The highest BCUT2D eigenvalue weighted by molar-refractivity contribution is 7.26. The molecule has 0 aromatic heterocycles. The van der Waals surface area contributed by atoms with Gasteiger partial charge in [-0.05, 0) is 12.8 Å². The SMILES string of the molecule is OC1CCC2COPOC2C1. The molecule has 2 aliphatic rings. The van der Waals surface area contributed by atoms with Crippen LogP contribution < -0.4 is 0 Å². The Labute approximate surface area is 68.0 Å². The number of aliphatic hydroxyl groups is 1. The van der Waals surface area contributed by atoms with Crippen LogP contribution in [-0.2, 0) is 9.05 Å². The molecule has 0 aromatic rings. The van der Waals surface area contributed by atoms with Crippen LogP contribution in [0.15, 0.2) is 0 Å². The molecule has 3 nitrogen and oxygen atoms in total. The van der Waals surface area contributed by atoms with Gasteiger partial charge in [0.1, 0.15) is 0 Å². The first-order valence-corrected chi connectivity index (χ1v) is 4.88. The summed E-state index contributed by atoms with van der Waals surface area (Å²) in [7, 11) is 0.190. The van der Waals surface area contributed by atoms with Gasteiger partial charge in [-0.2, -0.15) is 0 Å². The van der Waals surface area contributed by atoms with Crippen LogP contribution in [0.2, 0.25) is 0 Å². The maximum absolute atomic E-state index is 9.33. The van der Waals surface area contributed by atoms with Gasteiger partial charge in [0.15, 0.2) is 9.03 Å². The van der Waals surface area contributed by atoms with Crippen molar-refractivity contribution in [3.8, 4) is 0 Å². The predicted octanol–water partition coefficient (Wildman–Crippen LogP) is 1.07. The quantitative estimate of drug-likeness (QED) is 0.561. The zero-order chi connectivity index (χ0) is 7.68. The average Bonchev–Trinajstić information content (AvgIpc) is 2.04. The first kappa shape index (κ1) is 7.93. The molecule has 11 heavy (non-hydrogen) atoms. The first-order chi connectivity index (χ1) is 5.36. The van der Waals surface area contributed by atoms with E-state index in [-0.39, 0.29) is 21.2 Å². The van der Waals surface area contributed by atoms with Crippen LogP contribution in [0.1, 0.15) is 19.3 Å². The lowest BCUT2D eigenvalue weighted by atomic mass is 9.85. The lowest BCUT2D eigenvalue weighted by Gasteiger charge is -2.36. The Morgan fingerprint density at radius 2 is 2.27 bits per heavy atom. The molecule has 1 aliphatic carbocycles. The lowest BCUT2D eigenvalue weighted by molar-refractivity contribution is -0.0209. The van der Waals surface area contributed by atoms with E-state index in [2.05, 4.69) is 0 Å². The van der Waals surface area contributed by atoms with E-state index in [0.717, 1.165) is 25.9 Å². The normalized spacial score (nSPS) is 47.2. The third-order valence-electron chi connectivity index (χ3n) is 2.46. The molecule has 1 saturated carbocycles. The van der Waals surface area contributed by atoms with Crippen molar-refractivity contribution < 1.29 is 14.2 Å². The van der Waals surface area contributed by atoms with Crippen LogP contribution in [0.3, 0.4) is 0 Å². The van der Waals surface area contributed by atoms with Gasteiger partial charge in [0.05, 0.1) is 18.8 Å². The van der Waals surface area contributed by atoms with Gasteiger partial charge >= 0.3 is 0 Å². The van der Waals surface area contributed by atoms with Gasteiger partial charge in [0, 0.05) is 12.3 Å². The summed E-state index contributed by atoms with van der Waals surface area (Å²) in [5.41, 5.74) is 0. The predicted molar refractivity (Wildman–Crippen MR) is 42.5 cm³/mol. The zero-order valence-electron chi connectivity index (χ0n) is 6.32. The van der Waals surface area contributed by atoms with E-state index in [9.17, 15) is 5.11 Å². The third kappa shape index (κ3) is 1.73. The van der Waals surface area contributed by atoms with E-state index in [4.69, 9.17) is 9.05 Å². The molecule has 1 heterocycles. The number of rotatable bonds is 0. The van der Waals surface area contributed by atoms with Crippen molar-refractivity contribution in [2.75, 3.05) is 6.61 Å². The van der Waals surface area contributed by atoms with Gasteiger partial charge in [0.25, 0.3) is 0 Å². The summed E-state index contributed by atoms with van der Waals surface area (Å²) >= 11 is 0. The minimum Gasteiger partial charge on any atom is -0.393 e. The first-order valence-electron chi connectivity index (χ1n) is 4.07. The molecule has 4 heteroatoms. The summed E-state index contributed by atoms with van der Waals surface area (Å²) in [6.07, 6.45) is 2.90. The molecule has 0 amide bonds. The minimum atomic E-state index is -0.140. The highest BCUT2D eigenvalue weighted by Crippen LogP contribution is 2.37. The Hall–Kier alpha value is 0.310. The standard InChI is InChI=1S/C7H13O3P/c8-6-2-1-5-4-9-11-10-7(5)3-6/h5-8,11H,1-4H2. The summed E-state index contributed by atoms with van der Waals surface area (Å²) in [5, 5.41) is 9.33. The van der Waals surface area contributed by atoms with Crippen molar-refractivity contribution in [1.29, 1.82) is 0 Å². The molecule has 2 fully saturated rings. The lowest BCUT2D eigenvalue weighted by Crippen LogP contribution is -2.37. The summed E-state index contributed by atoms with van der Waals surface area (Å²) in [4.78, 5) is 0. The largest absolute Gasteiger partial charge is 0.393 e. The molecular weight excluding hydrogens is 163 g/mol. The average molecular weight is 176 g/mol. The van der Waals surface area contributed by atoms with E-state index in [1.54, 1.807) is 0 Å². The van der Waals surface area contributed by atoms with Gasteiger partial charge in [-0.3, -0.25) is 0 Å². The van der Waals surface area contributed by atoms with Crippen molar-refractivity contribution in [2.45, 2.75) is 31.5 Å². The molecule has 0 radical (unpaired) electrons. The van der Waals surface area contributed by atoms with Gasteiger partial charge in [-0.1, -0.05) is 0 Å². The van der Waals surface area contributed by atoms with E-state index < -0.39 is 0 Å². The second-order valence-corrected chi connectivity index (χ2v) is 3.97. The van der Waals surface area contributed by atoms with Crippen molar-refractivity contribution in [1.82, 2.24) is 0 Å². The fourth-order valence-corrected chi connectivity index (χ4v) is 2.51. The molecule has 1 aliphatic heterocycles. The molecule has 0 bridgehead atoms. The van der Waals surface area contributed by atoms with Crippen LogP contribution in [0.25, 0.3) is 0 Å². The minimum absolute atomic E-state index is 0.140. The van der Waals surface area contributed by atoms with E-state index in [1.807, 2.05) is 0 Å². The number of aliphatic hydroxyl groups excluding tert-OH is 1. The van der Waals surface area contributed by atoms with Crippen molar-refractivity contribution in [2.24, 2.45) is 5.92 Å². The Balaban J connectivity index is 1.93. The summed E-state index contributed by atoms with van der Waals surface area (Å²) in [5.74, 6) is 0.541. The molecule has 64 valence electrons. The molecule has 4 atom stereocenters. The second-order valence-electron chi connectivity index (χ2n) is 3.28. The monoisotopic (exact) mass is 176 g/mol. The Bertz CT molecular complexity index is 142. The van der Waals surface area contributed by atoms with Gasteiger partial charge in [-0.15, -0.1) is 0 Å². The third-order valence-corrected chi connectivity index (χ3v) is 3.14. The van der Waals surface area contributed by atoms with Crippen LogP contribution in [0.5, 0.6) is 0 Å². The van der Waals surface area contributed by atoms with E-state index >= 15 is 0 Å². The van der Waals surface area contributed by atoms with Crippen LogP contribution in [0, 0.1) is 5.92 Å². The number of fused-ring (bicyclic) bond motifs is 1. The topological polar surface area (TPSA) is 38.7 Å². The maximum Gasteiger partial charge on any atom is 0.155 e. The van der Waals surface area contributed by atoms with Gasteiger partial charge < -0.3 is 14.2 Å². The summed E-state index contributed by atoms with van der Waals surface area (Å²) < 4.78 is 10.6. The molecular formula is C7H13O3P. The highest BCUT2D eigenvalue weighted by Gasteiger charge is 2.33. The van der Waals surface area contributed by atoms with Crippen LogP contribution >= 0.6 is 9.03 Å². The molecule has 0 spiro atoms. The molecule has 0 aromatic carbocycles. The smallest absolute Gasteiger partial charge is 0.155 e. The maximum atomic E-state index is 9.33. The summed E-state index contributed by atoms with van der Waals surface area (Å²) in [6.45, 7) is 0.829. The molecule has 1 saturated heterocycles. The van der Waals surface area contributed by atoms with Crippen molar-refractivity contribution >= 4 is 9.03 Å². The Morgan fingerprint density at radius 1 is 1.36 bits per heavy atom. The van der Waals surface area contributed by atoms with Crippen LogP contribution in [0.4, 0.5) is 0 Å². The van der Waals surface area contributed by atoms with E-state index in [1.165, 1.54) is 0 Å². The fraction of sp³-hybridized carbons (Fsp3) is 1.00. The van der Waals surface area contributed by atoms with Crippen molar-refractivity contribution in [3.05, 3.63) is 0 Å². The molecule has 4 unspecified atom stereocenters. The molecule has 2 rings (SSSR count). The number of hydrogen-bond donors (Lipinski definition) is 1. The Morgan fingerprint density at radius 3 is 3.18 bits per heavy atom. The summed E-state index contributed by atoms with van der Waals surface area (Å²) in [6, 6.07) is 0. The highest BCUT2D eigenvalue weighted by atomic mass is 31.1. The fourth-order valence-electron chi connectivity index (χ4n) is 1.74. The van der Waals surface area contributed by atoms with Gasteiger partial charge in [0.2, 0.25) is 0 Å². The van der Waals surface area contributed by atoms with E-state index in [0.29, 0.717) is 5.92 Å². The zero-order valence-corrected chi connectivity index (χ0v) is 7.32. The number of hydrogen-bond acceptors (Lipinski definition) is 3. The van der Waals surface area contributed by atoms with Gasteiger partial charge in [-0.25, -0.2) is 0 Å².